The minimum atomic E-state index is -3.37. The molecule has 0 radical (unpaired) electrons. The first-order chi connectivity index (χ1) is 12.5. The molecule has 5 nitrogen and oxygen atoms in total. The lowest BCUT2D eigenvalue weighted by Crippen LogP contribution is -2.44. The first kappa shape index (κ1) is 17.5. The smallest absolute Gasteiger partial charge is 0.242 e. The molecule has 2 aromatic carbocycles. The molecule has 6 heteroatoms. The van der Waals surface area contributed by atoms with E-state index in [0.717, 1.165) is 30.3 Å². The Morgan fingerprint density at radius 1 is 1.19 bits per heavy atom. The molecule has 138 valence electrons. The van der Waals surface area contributed by atoms with Gasteiger partial charge in [-0.2, -0.15) is 4.31 Å². The van der Waals surface area contributed by atoms with E-state index in [2.05, 4.69) is 17.4 Å². The average Bonchev–Trinajstić information content (AvgIpc) is 3.26. The fourth-order valence-corrected chi connectivity index (χ4v) is 6.03. The van der Waals surface area contributed by atoms with Gasteiger partial charge in [-0.3, -0.25) is 4.79 Å². The lowest BCUT2D eigenvalue weighted by atomic mass is 10.0. The van der Waals surface area contributed by atoms with Gasteiger partial charge in [-0.25, -0.2) is 8.42 Å². The lowest BCUT2D eigenvalue weighted by Gasteiger charge is -2.23. The van der Waals surface area contributed by atoms with Crippen molar-refractivity contribution < 1.29 is 13.2 Å². The second kappa shape index (κ2) is 6.67. The standard InChI is InChI=1S/C20H24N2O3S/c1-2-13-26(24,25)22-12-4-7-18(22)20(23)21-17-11-10-15-9-8-14-5-3-6-16(17)19(14)15/h3,5-6,10-11,18H,2,4,7-9,12-13H2,1H3,(H,21,23). The van der Waals surface area contributed by atoms with E-state index in [1.165, 1.54) is 20.8 Å². The highest BCUT2D eigenvalue weighted by atomic mass is 32.2. The predicted octanol–water partition coefficient (Wildman–Crippen LogP) is 3.08. The molecule has 1 amide bonds. The van der Waals surface area contributed by atoms with Crippen molar-refractivity contribution in [3.63, 3.8) is 0 Å². The molecule has 0 bridgehead atoms. The zero-order valence-electron chi connectivity index (χ0n) is 15.0. The maximum absolute atomic E-state index is 12.9. The molecule has 1 fully saturated rings. The van der Waals surface area contributed by atoms with E-state index in [4.69, 9.17) is 0 Å². The number of carbonyl (C=O) groups is 1. The normalized spacial score (nSPS) is 20.0. The highest BCUT2D eigenvalue weighted by Crippen LogP contribution is 2.35. The van der Waals surface area contributed by atoms with E-state index in [0.29, 0.717) is 19.4 Å². The van der Waals surface area contributed by atoms with Gasteiger partial charge in [-0.1, -0.05) is 31.2 Å². The third kappa shape index (κ3) is 2.91. The Bertz CT molecular complexity index is 958. The number of aryl methyl sites for hydroxylation is 2. The van der Waals surface area contributed by atoms with E-state index in [9.17, 15) is 13.2 Å². The molecular weight excluding hydrogens is 348 g/mol. The van der Waals surface area contributed by atoms with Gasteiger partial charge in [-0.05, 0) is 54.7 Å². The molecule has 4 rings (SSSR count). The van der Waals surface area contributed by atoms with Crippen LogP contribution in [0.5, 0.6) is 0 Å². The molecule has 2 aliphatic rings. The summed E-state index contributed by atoms with van der Waals surface area (Å²) in [6, 6.07) is 9.62. The van der Waals surface area contributed by atoms with Gasteiger partial charge in [0.2, 0.25) is 15.9 Å². The summed E-state index contributed by atoms with van der Waals surface area (Å²) < 4.78 is 26.3. The van der Waals surface area contributed by atoms with Crippen molar-refractivity contribution in [2.24, 2.45) is 0 Å². The Labute approximate surface area is 154 Å². The Balaban J connectivity index is 1.62. The Kier molecular flexibility index (Phi) is 4.49. The zero-order chi connectivity index (χ0) is 18.3. The molecule has 1 atom stereocenters. The van der Waals surface area contributed by atoms with Crippen LogP contribution in [0, 0.1) is 0 Å². The molecule has 1 saturated heterocycles. The van der Waals surface area contributed by atoms with E-state index < -0.39 is 16.1 Å². The number of sulfonamides is 1. The van der Waals surface area contributed by atoms with Gasteiger partial charge < -0.3 is 5.32 Å². The third-order valence-electron chi connectivity index (χ3n) is 5.46. The van der Waals surface area contributed by atoms with Gasteiger partial charge in [0.05, 0.1) is 5.75 Å². The van der Waals surface area contributed by atoms with Crippen molar-refractivity contribution in [1.29, 1.82) is 0 Å². The third-order valence-corrected chi connectivity index (χ3v) is 7.54. The minimum absolute atomic E-state index is 0.0950. The van der Waals surface area contributed by atoms with Gasteiger partial charge >= 0.3 is 0 Å². The first-order valence-electron chi connectivity index (χ1n) is 9.35. The van der Waals surface area contributed by atoms with Crippen molar-refractivity contribution in [2.75, 3.05) is 17.6 Å². The molecule has 1 N–H and O–H groups in total. The summed E-state index contributed by atoms with van der Waals surface area (Å²) in [5, 5.41) is 5.30. The quantitative estimate of drug-likeness (QED) is 0.877. The van der Waals surface area contributed by atoms with Crippen LogP contribution < -0.4 is 5.32 Å². The topological polar surface area (TPSA) is 66.5 Å². The maximum atomic E-state index is 12.9. The summed E-state index contributed by atoms with van der Waals surface area (Å²) >= 11 is 0. The number of nitrogens with zero attached hydrogens (tertiary/aromatic N) is 1. The Morgan fingerprint density at radius 2 is 1.96 bits per heavy atom. The SMILES string of the molecule is CCCS(=O)(=O)N1CCCC1C(=O)Nc1ccc2c3c(cccc13)CC2. The van der Waals surface area contributed by atoms with Crippen LogP contribution in [-0.4, -0.2) is 37.0 Å². The van der Waals surface area contributed by atoms with Crippen LogP contribution in [-0.2, 0) is 27.7 Å². The molecule has 1 aliphatic carbocycles. The van der Waals surface area contributed by atoms with Crippen molar-refractivity contribution in [1.82, 2.24) is 4.31 Å². The molecule has 26 heavy (non-hydrogen) atoms. The van der Waals surface area contributed by atoms with Crippen molar-refractivity contribution >= 4 is 32.4 Å². The number of anilines is 1. The van der Waals surface area contributed by atoms with Gasteiger partial charge in [0, 0.05) is 17.6 Å². The fraction of sp³-hybridized carbons (Fsp3) is 0.450. The van der Waals surface area contributed by atoms with E-state index in [-0.39, 0.29) is 11.7 Å². The predicted molar refractivity (Wildman–Crippen MR) is 104 cm³/mol. The molecule has 0 aromatic heterocycles. The van der Waals surface area contributed by atoms with Crippen LogP contribution in [0.4, 0.5) is 5.69 Å². The van der Waals surface area contributed by atoms with E-state index in [1.54, 1.807) is 0 Å². The van der Waals surface area contributed by atoms with Crippen molar-refractivity contribution in [2.45, 2.75) is 45.1 Å². The molecule has 0 spiro atoms. The van der Waals surface area contributed by atoms with Gasteiger partial charge in [0.25, 0.3) is 0 Å². The summed E-state index contributed by atoms with van der Waals surface area (Å²) in [5.41, 5.74) is 3.42. The number of hydrogen-bond acceptors (Lipinski definition) is 3. The summed E-state index contributed by atoms with van der Waals surface area (Å²) in [6.07, 6.45) is 3.94. The number of amides is 1. The van der Waals surface area contributed by atoms with Crippen LogP contribution >= 0.6 is 0 Å². The second-order valence-electron chi connectivity index (χ2n) is 7.19. The largest absolute Gasteiger partial charge is 0.324 e. The number of nitrogens with one attached hydrogen (secondary N) is 1. The first-order valence-corrected chi connectivity index (χ1v) is 11.0. The van der Waals surface area contributed by atoms with Crippen molar-refractivity contribution in [3.05, 3.63) is 41.5 Å². The molecule has 2 aromatic rings. The zero-order valence-corrected chi connectivity index (χ0v) is 15.8. The molecule has 0 saturated carbocycles. The highest BCUT2D eigenvalue weighted by Gasteiger charge is 2.38. The van der Waals surface area contributed by atoms with Crippen LogP contribution in [0.15, 0.2) is 30.3 Å². The van der Waals surface area contributed by atoms with Crippen LogP contribution in [0.3, 0.4) is 0 Å². The molecule has 1 aliphatic heterocycles. The summed E-state index contributed by atoms with van der Waals surface area (Å²) in [5.74, 6) is -0.126. The van der Waals surface area contributed by atoms with E-state index >= 15 is 0 Å². The van der Waals surface area contributed by atoms with Gasteiger partial charge in [0.1, 0.15) is 6.04 Å². The van der Waals surface area contributed by atoms with Crippen LogP contribution in [0.1, 0.15) is 37.3 Å². The lowest BCUT2D eigenvalue weighted by molar-refractivity contribution is -0.119. The fourth-order valence-electron chi connectivity index (χ4n) is 4.28. The number of rotatable bonds is 5. The monoisotopic (exact) mass is 372 g/mol. The van der Waals surface area contributed by atoms with Gasteiger partial charge in [-0.15, -0.1) is 0 Å². The van der Waals surface area contributed by atoms with E-state index in [1.807, 2.05) is 25.1 Å². The molecule has 1 heterocycles. The van der Waals surface area contributed by atoms with Crippen LogP contribution in [0.2, 0.25) is 0 Å². The maximum Gasteiger partial charge on any atom is 0.242 e. The number of hydrogen-bond donors (Lipinski definition) is 1. The summed E-state index contributed by atoms with van der Waals surface area (Å²) in [4.78, 5) is 12.9. The number of benzene rings is 2. The summed E-state index contributed by atoms with van der Waals surface area (Å²) in [7, 11) is -3.37. The van der Waals surface area contributed by atoms with Crippen LogP contribution in [0.25, 0.3) is 10.8 Å². The molecular formula is C20H24N2O3S. The van der Waals surface area contributed by atoms with Crippen molar-refractivity contribution in [3.8, 4) is 0 Å². The Hall–Kier alpha value is -1.92. The number of carbonyl (C=O) groups excluding carboxylic acids is 1. The summed E-state index contributed by atoms with van der Waals surface area (Å²) in [6.45, 7) is 2.28. The Morgan fingerprint density at radius 3 is 2.73 bits per heavy atom. The molecule has 1 unspecified atom stereocenters. The average molecular weight is 372 g/mol. The van der Waals surface area contributed by atoms with Gasteiger partial charge in [0.15, 0.2) is 0 Å². The highest BCUT2D eigenvalue weighted by molar-refractivity contribution is 7.89. The minimum Gasteiger partial charge on any atom is -0.324 e. The second-order valence-corrected chi connectivity index (χ2v) is 9.23.